The van der Waals surface area contributed by atoms with Crippen LogP contribution in [0.1, 0.15) is 15.9 Å². The lowest BCUT2D eigenvalue weighted by molar-refractivity contribution is 0.0953. The third kappa shape index (κ3) is 4.19. The van der Waals surface area contributed by atoms with Crippen molar-refractivity contribution in [3.63, 3.8) is 0 Å². The Morgan fingerprint density at radius 3 is 2.62 bits per heavy atom. The molecule has 0 atom stereocenters. The lowest BCUT2D eigenvalue weighted by atomic mass is 10.1. The van der Waals surface area contributed by atoms with Gasteiger partial charge in [-0.2, -0.15) is 0 Å². The molecule has 110 valence electrons. The SMILES string of the molecule is Nc1cc(C(=O)NCCc2ccc(Cl)cc2)c(Br)cc1F. The fraction of sp³-hybridized carbons (Fsp3) is 0.133. The molecule has 0 saturated carbocycles. The normalized spacial score (nSPS) is 10.4. The Labute approximate surface area is 135 Å². The smallest absolute Gasteiger partial charge is 0.252 e. The molecule has 3 N–H and O–H groups in total. The van der Waals surface area contributed by atoms with Crippen LogP contribution in [0.5, 0.6) is 0 Å². The lowest BCUT2D eigenvalue weighted by Gasteiger charge is -2.08. The number of carbonyl (C=O) groups excluding carboxylic acids is 1. The monoisotopic (exact) mass is 370 g/mol. The molecule has 0 aromatic heterocycles. The summed E-state index contributed by atoms with van der Waals surface area (Å²) in [4.78, 5) is 12.0. The van der Waals surface area contributed by atoms with Crippen molar-refractivity contribution >= 4 is 39.1 Å². The average molecular weight is 372 g/mol. The lowest BCUT2D eigenvalue weighted by Crippen LogP contribution is -2.26. The Morgan fingerprint density at radius 1 is 1.29 bits per heavy atom. The number of amides is 1. The van der Waals surface area contributed by atoms with Crippen molar-refractivity contribution in [2.45, 2.75) is 6.42 Å². The highest BCUT2D eigenvalue weighted by Gasteiger charge is 2.12. The first-order valence-corrected chi connectivity index (χ1v) is 7.41. The second-order valence-corrected chi connectivity index (χ2v) is 5.78. The van der Waals surface area contributed by atoms with Gasteiger partial charge in [-0.25, -0.2) is 4.39 Å². The number of hydrogen-bond acceptors (Lipinski definition) is 2. The molecular weight excluding hydrogens is 359 g/mol. The molecule has 0 heterocycles. The Bertz CT molecular complexity index is 661. The molecule has 0 aliphatic rings. The van der Waals surface area contributed by atoms with Gasteiger partial charge in [-0.1, -0.05) is 23.7 Å². The van der Waals surface area contributed by atoms with E-state index >= 15 is 0 Å². The number of nitrogens with two attached hydrogens (primary N) is 1. The van der Waals surface area contributed by atoms with Crippen molar-refractivity contribution in [2.75, 3.05) is 12.3 Å². The number of hydrogen-bond donors (Lipinski definition) is 2. The average Bonchev–Trinajstić information content (AvgIpc) is 2.45. The zero-order valence-corrected chi connectivity index (χ0v) is 13.3. The Balaban J connectivity index is 1.96. The molecule has 2 aromatic carbocycles. The van der Waals surface area contributed by atoms with Crippen LogP contribution in [-0.4, -0.2) is 12.5 Å². The van der Waals surface area contributed by atoms with E-state index in [-0.39, 0.29) is 11.6 Å². The summed E-state index contributed by atoms with van der Waals surface area (Å²) in [6, 6.07) is 9.91. The van der Waals surface area contributed by atoms with Gasteiger partial charge < -0.3 is 11.1 Å². The van der Waals surface area contributed by atoms with Crippen molar-refractivity contribution < 1.29 is 9.18 Å². The number of nitrogens with one attached hydrogen (secondary N) is 1. The molecular formula is C15H13BrClFN2O. The number of halogens is 3. The van der Waals surface area contributed by atoms with Crippen molar-refractivity contribution in [2.24, 2.45) is 0 Å². The Hall–Kier alpha value is -1.59. The highest BCUT2D eigenvalue weighted by Crippen LogP contribution is 2.22. The van der Waals surface area contributed by atoms with Crippen molar-refractivity contribution in [1.29, 1.82) is 0 Å². The first-order valence-electron chi connectivity index (χ1n) is 6.24. The number of anilines is 1. The number of benzene rings is 2. The molecule has 2 rings (SSSR count). The highest BCUT2D eigenvalue weighted by atomic mass is 79.9. The van der Waals surface area contributed by atoms with Crippen LogP contribution >= 0.6 is 27.5 Å². The summed E-state index contributed by atoms with van der Waals surface area (Å²) in [5.41, 5.74) is 6.80. The number of rotatable bonds is 4. The standard InChI is InChI=1S/C15H13BrClFN2O/c16-12-8-13(18)14(19)7-11(12)15(21)20-6-5-9-1-3-10(17)4-2-9/h1-4,7-8H,5-6,19H2,(H,20,21). The van der Waals surface area contributed by atoms with Crippen LogP contribution in [0.4, 0.5) is 10.1 Å². The summed E-state index contributed by atoms with van der Waals surface area (Å²) in [6.07, 6.45) is 0.678. The summed E-state index contributed by atoms with van der Waals surface area (Å²) < 4.78 is 13.6. The largest absolute Gasteiger partial charge is 0.396 e. The van der Waals surface area contributed by atoms with E-state index in [0.29, 0.717) is 28.0 Å². The van der Waals surface area contributed by atoms with E-state index in [4.69, 9.17) is 17.3 Å². The van der Waals surface area contributed by atoms with E-state index in [1.165, 1.54) is 12.1 Å². The molecule has 6 heteroatoms. The first kappa shape index (κ1) is 15.8. The van der Waals surface area contributed by atoms with Gasteiger partial charge in [-0.05, 0) is 52.2 Å². The van der Waals surface area contributed by atoms with Crippen molar-refractivity contribution in [3.8, 4) is 0 Å². The predicted octanol–water partition coefficient (Wildman–Crippen LogP) is 3.80. The van der Waals surface area contributed by atoms with E-state index in [0.717, 1.165) is 5.56 Å². The minimum absolute atomic E-state index is 0.0546. The third-order valence-electron chi connectivity index (χ3n) is 2.94. The highest BCUT2D eigenvalue weighted by molar-refractivity contribution is 9.10. The fourth-order valence-electron chi connectivity index (χ4n) is 1.81. The van der Waals surface area contributed by atoms with Crippen LogP contribution in [0, 0.1) is 5.82 Å². The minimum Gasteiger partial charge on any atom is -0.396 e. The molecule has 0 aliphatic heterocycles. The molecule has 3 nitrogen and oxygen atoms in total. The van der Waals surface area contributed by atoms with Gasteiger partial charge in [0, 0.05) is 16.0 Å². The van der Waals surface area contributed by atoms with Gasteiger partial charge in [0.2, 0.25) is 0 Å². The maximum absolute atomic E-state index is 13.2. The zero-order valence-electron chi connectivity index (χ0n) is 11.0. The summed E-state index contributed by atoms with van der Waals surface area (Å²) in [5, 5.41) is 3.44. The summed E-state index contributed by atoms with van der Waals surface area (Å²) in [6.45, 7) is 0.462. The van der Waals surface area contributed by atoms with Crippen LogP contribution in [0.2, 0.25) is 5.02 Å². The molecule has 0 bridgehead atoms. The van der Waals surface area contributed by atoms with Crippen LogP contribution in [-0.2, 0) is 6.42 Å². The van der Waals surface area contributed by atoms with Crippen LogP contribution in [0.3, 0.4) is 0 Å². The van der Waals surface area contributed by atoms with Crippen LogP contribution in [0.15, 0.2) is 40.9 Å². The van der Waals surface area contributed by atoms with Crippen LogP contribution < -0.4 is 11.1 Å². The van der Waals surface area contributed by atoms with Gasteiger partial charge >= 0.3 is 0 Å². The Morgan fingerprint density at radius 2 is 1.95 bits per heavy atom. The van der Waals surface area contributed by atoms with E-state index in [2.05, 4.69) is 21.2 Å². The van der Waals surface area contributed by atoms with Gasteiger partial charge in [-0.3, -0.25) is 4.79 Å². The topological polar surface area (TPSA) is 55.1 Å². The van der Waals surface area contributed by atoms with Crippen molar-refractivity contribution in [3.05, 3.63) is 62.8 Å². The van der Waals surface area contributed by atoms with Crippen molar-refractivity contribution in [1.82, 2.24) is 5.32 Å². The third-order valence-corrected chi connectivity index (χ3v) is 3.85. The molecule has 2 aromatic rings. The van der Waals surface area contributed by atoms with Gasteiger partial charge in [-0.15, -0.1) is 0 Å². The quantitative estimate of drug-likeness (QED) is 0.803. The summed E-state index contributed by atoms with van der Waals surface area (Å²) in [7, 11) is 0. The molecule has 21 heavy (non-hydrogen) atoms. The van der Waals surface area contributed by atoms with Gasteiger partial charge in [0.1, 0.15) is 5.82 Å². The number of nitrogen functional groups attached to an aromatic ring is 1. The number of carbonyl (C=O) groups is 1. The molecule has 0 aliphatic carbocycles. The van der Waals surface area contributed by atoms with E-state index in [1.807, 2.05) is 12.1 Å². The van der Waals surface area contributed by atoms with Gasteiger partial charge in [0.25, 0.3) is 5.91 Å². The van der Waals surface area contributed by atoms with E-state index in [1.54, 1.807) is 12.1 Å². The summed E-state index contributed by atoms with van der Waals surface area (Å²) in [5.74, 6) is -0.859. The predicted molar refractivity (Wildman–Crippen MR) is 86.0 cm³/mol. The second-order valence-electron chi connectivity index (χ2n) is 4.49. The molecule has 0 spiro atoms. The molecule has 0 fully saturated rings. The fourth-order valence-corrected chi connectivity index (χ4v) is 2.43. The van der Waals surface area contributed by atoms with Gasteiger partial charge in [0.05, 0.1) is 11.3 Å². The second kappa shape index (κ2) is 6.91. The first-order chi connectivity index (χ1) is 9.97. The Kier molecular flexibility index (Phi) is 5.20. The maximum Gasteiger partial charge on any atom is 0.252 e. The molecule has 0 saturated heterocycles. The summed E-state index contributed by atoms with van der Waals surface area (Å²) >= 11 is 8.96. The zero-order chi connectivity index (χ0) is 15.4. The van der Waals surface area contributed by atoms with E-state index in [9.17, 15) is 9.18 Å². The maximum atomic E-state index is 13.2. The van der Waals surface area contributed by atoms with E-state index < -0.39 is 5.82 Å². The minimum atomic E-state index is -0.556. The molecule has 0 unspecified atom stereocenters. The van der Waals surface area contributed by atoms with Gasteiger partial charge in [0.15, 0.2) is 0 Å². The van der Waals surface area contributed by atoms with Crippen LogP contribution in [0.25, 0.3) is 0 Å². The molecule has 0 radical (unpaired) electrons. The molecule has 1 amide bonds.